The highest BCUT2D eigenvalue weighted by atomic mass is 16.3. The highest BCUT2D eigenvalue weighted by Gasteiger charge is 2.37. The molecule has 3 heterocycles. The number of benzene rings is 2. The summed E-state index contributed by atoms with van der Waals surface area (Å²) in [4.78, 5) is 45.3. The molecule has 6 nitrogen and oxygen atoms in total. The van der Waals surface area contributed by atoms with Crippen LogP contribution in [0.15, 0.2) is 45.6 Å². The Kier molecular flexibility index (Phi) is 6.84. The standard InChI is InChI=1S/C31H38N2O4/c1-30(2,32-15-7-5-8-16-32)28(35)21-11-13-25-23(19-21)27(34)24-20-22(12-14-26(24)37-25)29(36)31(3,4)33-17-9-6-10-18-33/h11-14,19-20H,5-10,15-18H2,1-4H3. The van der Waals surface area contributed by atoms with E-state index in [2.05, 4.69) is 9.80 Å². The first-order valence-corrected chi connectivity index (χ1v) is 13.7. The Hall–Kier alpha value is -2.83. The van der Waals surface area contributed by atoms with Gasteiger partial charge in [0.2, 0.25) is 5.43 Å². The Balaban J connectivity index is 1.52. The van der Waals surface area contributed by atoms with Crippen LogP contribution in [0.3, 0.4) is 0 Å². The number of hydrogen-bond donors (Lipinski definition) is 0. The van der Waals surface area contributed by atoms with Gasteiger partial charge in [-0.2, -0.15) is 0 Å². The fraction of sp³-hybridized carbons (Fsp3) is 0.516. The topological polar surface area (TPSA) is 70.8 Å². The van der Waals surface area contributed by atoms with E-state index in [-0.39, 0.29) is 17.0 Å². The van der Waals surface area contributed by atoms with Gasteiger partial charge in [-0.3, -0.25) is 24.2 Å². The van der Waals surface area contributed by atoms with Crippen LogP contribution in [0, 0.1) is 0 Å². The molecule has 0 atom stereocenters. The molecule has 0 aliphatic carbocycles. The van der Waals surface area contributed by atoms with Crippen molar-refractivity contribution in [1.82, 2.24) is 9.80 Å². The third-order valence-corrected chi connectivity index (χ3v) is 8.60. The summed E-state index contributed by atoms with van der Waals surface area (Å²) in [7, 11) is 0. The molecule has 1 aromatic heterocycles. The van der Waals surface area contributed by atoms with Crippen LogP contribution < -0.4 is 5.43 Å². The first-order chi connectivity index (χ1) is 17.6. The van der Waals surface area contributed by atoms with Crippen LogP contribution >= 0.6 is 0 Å². The maximum Gasteiger partial charge on any atom is 0.200 e. The molecule has 37 heavy (non-hydrogen) atoms. The Labute approximate surface area is 218 Å². The monoisotopic (exact) mass is 502 g/mol. The second kappa shape index (κ2) is 9.80. The molecule has 196 valence electrons. The summed E-state index contributed by atoms with van der Waals surface area (Å²) >= 11 is 0. The zero-order valence-corrected chi connectivity index (χ0v) is 22.6. The van der Waals surface area contributed by atoms with E-state index in [4.69, 9.17) is 4.42 Å². The van der Waals surface area contributed by atoms with Crippen LogP contribution in [0.2, 0.25) is 0 Å². The summed E-state index contributed by atoms with van der Waals surface area (Å²) in [6, 6.07) is 10.3. The van der Waals surface area contributed by atoms with Gasteiger partial charge in [0.1, 0.15) is 11.2 Å². The Morgan fingerprint density at radius 2 is 1.03 bits per heavy atom. The fourth-order valence-electron chi connectivity index (χ4n) is 6.04. The number of carbonyl (C=O) groups is 2. The number of piperidine rings is 2. The predicted octanol–water partition coefficient (Wildman–Crippen LogP) is 5.84. The first-order valence-electron chi connectivity index (χ1n) is 13.7. The number of fused-ring (bicyclic) bond motifs is 2. The minimum atomic E-state index is -0.648. The van der Waals surface area contributed by atoms with Crippen LogP contribution in [0.1, 0.15) is 86.9 Å². The van der Waals surface area contributed by atoms with Crippen LogP contribution in [0.5, 0.6) is 0 Å². The average molecular weight is 503 g/mol. The van der Waals surface area contributed by atoms with E-state index in [9.17, 15) is 14.4 Å². The number of likely N-dealkylation sites (tertiary alicyclic amines) is 2. The van der Waals surface area contributed by atoms with Gasteiger partial charge in [-0.15, -0.1) is 0 Å². The summed E-state index contributed by atoms with van der Waals surface area (Å²) in [5.74, 6) is 0.00557. The van der Waals surface area contributed by atoms with Crippen LogP contribution in [0.4, 0.5) is 0 Å². The molecule has 0 bridgehead atoms. The molecule has 0 spiro atoms. The third-order valence-electron chi connectivity index (χ3n) is 8.60. The molecular formula is C31H38N2O4. The lowest BCUT2D eigenvalue weighted by Gasteiger charge is -2.39. The molecule has 0 unspecified atom stereocenters. The van der Waals surface area contributed by atoms with E-state index in [1.165, 1.54) is 12.8 Å². The van der Waals surface area contributed by atoms with E-state index < -0.39 is 11.1 Å². The molecule has 5 rings (SSSR count). The zero-order valence-electron chi connectivity index (χ0n) is 22.6. The summed E-state index contributed by atoms with van der Waals surface area (Å²) in [5, 5.41) is 0.736. The molecule has 3 aromatic rings. The van der Waals surface area contributed by atoms with E-state index in [1.807, 2.05) is 27.7 Å². The van der Waals surface area contributed by atoms with Gasteiger partial charge in [0.05, 0.1) is 21.9 Å². The Bertz CT molecular complexity index is 1300. The van der Waals surface area contributed by atoms with Crippen LogP contribution in [-0.2, 0) is 0 Å². The quantitative estimate of drug-likeness (QED) is 0.311. The van der Waals surface area contributed by atoms with Crippen molar-refractivity contribution in [2.45, 2.75) is 77.3 Å². The molecule has 6 heteroatoms. The lowest BCUT2D eigenvalue weighted by Crippen LogP contribution is -2.52. The van der Waals surface area contributed by atoms with Gasteiger partial charge in [0.15, 0.2) is 11.6 Å². The van der Waals surface area contributed by atoms with Crippen LogP contribution in [-0.4, -0.2) is 58.6 Å². The average Bonchev–Trinajstić information content (AvgIpc) is 2.93. The molecule has 2 saturated heterocycles. The number of Topliss-reactive ketones (excluding diaryl/α,β-unsaturated/α-hetero) is 2. The third kappa shape index (κ3) is 4.66. The van der Waals surface area contributed by atoms with Gasteiger partial charge in [-0.1, -0.05) is 12.8 Å². The van der Waals surface area contributed by atoms with Crippen molar-refractivity contribution in [3.05, 3.63) is 57.7 Å². The van der Waals surface area contributed by atoms with Gasteiger partial charge in [0, 0.05) is 11.1 Å². The van der Waals surface area contributed by atoms with Gasteiger partial charge in [-0.25, -0.2) is 0 Å². The number of carbonyl (C=O) groups excluding carboxylic acids is 2. The normalized spacial score (nSPS) is 18.4. The molecule has 0 amide bonds. The zero-order chi connectivity index (χ0) is 26.4. The molecule has 0 N–H and O–H groups in total. The minimum absolute atomic E-state index is 0.00278. The van der Waals surface area contributed by atoms with Gasteiger partial charge < -0.3 is 4.42 Å². The van der Waals surface area contributed by atoms with Crippen molar-refractivity contribution in [3.63, 3.8) is 0 Å². The highest BCUT2D eigenvalue weighted by Crippen LogP contribution is 2.29. The molecule has 0 radical (unpaired) electrons. The molecule has 2 aliphatic rings. The van der Waals surface area contributed by atoms with Crippen molar-refractivity contribution in [1.29, 1.82) is 0 Å². The van der Waals surface area contributed by atoms with Gasteiger partial charge in [0.25, 0.3) is 0 Å². The van der Waals surface area contributed by atoms with Gasteiger partial charge in [-0.05, 0) is 116 Å². The van der Waals surface area contributed by atoms with Crippen molar-refractivity contribution in [2.24, 2.45) is 0 Å². The largest absolute Gasteiger partial charge is 0.456 e. The van der Waals surface area contributed by atoms with Gasteiger partial charge >= 0.3 is 0 Å². The van der Waals surface area contributed by atoms with Crippen molar-refractivity contribution in [2.75, 3.05) is 26.2 Å². The Morgan fingerprint density at radius 1 is 0.649 bits per heavy atom. The summed E-state index contributed by atoms with van der Waals surface area (Å²) < 4.78 is 6.06. The maximum absolute atomic E-state index is 13.6. The molecule has 2 fully saturated rings. The van der Waals surface area contributed by atoms with Crippen molar-refractivity contribution < 1.29 is 14.0 Å². The number of rotatable bonds is 6. The minimum Gasteiger partial charge on any atom is -0.456 e. The fourth-order valence-corrected chi connectivity index (χ4v) is 6.04. The molecule has 2 aromatic carbocycles. The summed E-state index contributed by atoms with van der Waals surface area (Å²) in [6.07, 6.45) is 6.79. The van der Waals surface area contributed by atoms with E-state index in [1.54, 1.807) is 36.4 Å². The lowest BCUT2D eigenvalue weighted by molar-refractivity contribution is 0.0576. The molecular weight excluding hydrogens is 464 g/mol. The van der Waals surface area contributed by atoms with E-state index >= 15 is 0 Å². The number of hydrogen-bond acceptors (Lipinski definition) is 6. The number of ketones is 2. The second-order valence-corrected chi connectivity index (χ2v) is 11.7. The number of nitrogens with zero attached hydrogens (tertiary/aromatic N) is 2. The highest BCUT2D eigenvalue weighted by molar-refractivity contribution is 6.07. The maximum atomic E-state index is 13.6. The predicted molar refractivity (Wildman–Crippen MR) is 148 cm³/mol. The second-order valence-electron chi connectivity index (χ2n) is 11.7. The Morgan fingerprint density at radius 3 is 1.41 bits per heavy atom. The van der Waals surface area contributed by atoms with Crippen LogP contribution in [0.25, 0.3) is 21.9 Å². The SMILES string of the molecule is CC(C)(C(=O)c1ccc2oc3ccc(C(=O)C(C)(C)N4CCCCC4)cc3c(=O)c2c1)N1CCCCC1. The summed E-state index contributed by atoms with van der Waals surface area (Å²) in [6.45, 7) is 11.5. The smallest absolute Gasteiger partial charge is 0.200 e. The first kappa shape index (κ1) is 25.8. The molecule has 2 aliphatic heterocycles. The molecule has 0 saturated carbocycles. The van der Waals surface area contributed by atoms with E-state index in [0.29, 0.717) is 33.1 Å². The summed E-state index contributed by atoms with van der Waals surface area (Å²) in [5.41, 5.74) is 0.388. The lowest BCUT2D eigenvalue weighted by atomic mass is 9.88. The van der Waals surface area contributed by atoms with Crippen molar-refractivity contribution in [3.8, 4) is 0 Å². The van der Waals surface area contributed by atoms with E-state index in [0.717, 1.165) is 51.9 Å². The van der Waals surface area contributed by atoms with Crippen molar-refractivity contribution >= 4 is 33.5 Å².